The summed E-state index contributed by atoms with van der Waals surface area (Å²) in [6, 6.07) is 10.3. The Hall–Kier alpha value is -1.23. The summed E-state index contributed by atoms with van der Waals surface area (Å²) in [6.07, 6.45) is 5.49. The van der Waals surface area contributed by atoms with Crippen LogP contribution in [0.3, 0.4) is 0 Å². The van der Waals surface area contributed by atoms with Gasteiger partial charge in [-0.3, -0.25) is 5.32 Å². The highest BCUT2D eigenvalue weighted by atomic mass is 127. The lowest BCUT2D eigenvalue weighted by Gasteiger charge is -2.06. The van der Waals surface area contributed by atoms with E-state index in [1.807, 2.05) is 18.2 Å². The van der Waals surface area contributed by atoms with Crippen molar-refractivity contribution in [3.63, 3.8) is 0 Å². The van der Waals surface area contributed by atoms with Crippen LogP contribution < -0.4 is 29.3 Å². The summed E-state index contributed by atoms with van der Waals surface area (Å²) in [5, 5.41) is 6.38. The Morgan fingerprint density at radius 2 is 2.00 bits per heavy atom. The fraction of sp³-hybridized carbons (Fsp3) is 0.235. The summed E-state index contributed by atoms with van der Waals surface area (Å²) in [7, 11) is 0. The molecule has 2 heterocycles. The minimum absolute atomic E-state index is 0. The number of benzene rings is 1. The largest absolute Gasteiger partial charge is 1.00 e. The molecule has 4 heteroatoms. The van der Waals surface area contributed by atoms with E-state index >= 15 is 0 Å². The smallest absolute Gasteiger partial charge is 0.209 e. The first-order valence-electron chi connectivity index (χ1n) is 6.83. The normalized spacial score (nSPS) is 13.7. The molecule has 1 aliphatic rings. The van der Waals surface area contributed by atoms with Crippen molar-refractivity contribution < 1.29 is 24.0 Å². The SMILES string of the molecule is CC(C)C1=[C+]NCC=C1c1nc(-c2ccccc2)cs1.[I-]. The number of aromatic nitrogens is 1. The van der Waals surface area contributed by atoms with Crippen LogP contribution in [0.25, 0.3) is 16.8 Å². The molecule has 3 rings (SSSR count). The number of hydrogen-bond donors (Lipinski definition) is 1. The molecule has 2 nitrogen and oxygen atoms in total. The van der Waals surface area contributed by atoms with Crippen molar-refractivity contribution in [2.75, 3.05) is 6.54 Å². The van der Waals surface area contributed by atoms with Crippen LogP contribution in [0.15, 0.2) is 47.4 Å². The molecule has 0 saturated carbocycles. The van der Waals surface area contributed by atoms with Gasteiger partial charge in [-0.2, -0.15) is 0 Å². The molecule has 1 N–H and O–H groups in total. The van der Waals surface area contributed by atoms with Crippen LogP contribution in [-0.4, -0.2) is 11.5 Å². The third-order valence-corrected chi connectivity index (χ3v) is 4.18. The maximum atomic E-state index is 4.80. The van der Waals surface area contributed by atoms with E-state index in [4.69, 9.17) is 4.98 Å². The summed E-state index contributed by atoms with van der Waals surface area (Å²) in [5.74, 6) is 0.443. The van der Waals surface area contributed by atoms with E-state index in [-0.39, 0.29) is 24.0 Å². The zero-order valence-corrected chi connectivity index (χ0v) is 15.0. The molecular formula is C17H17IN2S. The Kier molecular flexibility index (Phi) is 5.51. The van der Waals surface area contributed by atoms with E-state index in [1.54, 1.807) is 11.3 Å². The molecule has 0 radical (unpaired) electrons. The Labute approximate surface area is 147 Å². The van der Waals surface area contributed by atoms with Crippen LogP contribution in [0.4, 0.5) is 0 Å². The molecule has 2 aromatic rings. The maximum absolute atomic E-state index is 4.80. The minimum atomic E-state index is 0. The average molecular weight is 408 g/mol. The van der Waals surface area contributed by atoms with E-state index in [2.05, 4.69) is 49.0 Å². The van der Waals surface area contributed by atoms with Crippen LogP contribution in [0.5, 0.6) is 0 Å². The lowest BCUT2D eigenvalue weighted by molar-refractivity contribution is -0.00000410. The second-order valence-electron chi connectivity index (χ2n) is 5.10. The summed E-state index contributed by atoms with van der Waals surface area (Å²) in [5.41, 5.74) is 4.66. The third-order valence-electron chi connectivity index (χ3n) is 3.30. The molecule has 21 heavy (non-hydrogen) atoms. The fourth-order valence-electron chi connectivity index (χ4n) is 2.27. The number of nitrogens with zero attached hydrogens (tertiary/aromatic N) is 1. The Morgan fingerprint density at radius 3 is 2.71 bits per heavy atom. The van der Waals surface area contributed by atoms with Gasteiger partial charge in [0.15, 0.2) is 11.8 Å². The molecular weight excluding hydrogens is 391 g/mol. The monoisotopic (exact) mass is 408 g/mol. The molecule has 0 amide bonds. The molecule has 0 aliphatic carbocycles. The van der Waals surface area contributed by atoms with Gasteiger partial charge in [0.2, 0.25) is 10.6 Å². The second kappa shape index (κ2) is 7.16. The van der Waals surface area contributed by atoms with Gasteiger partial charge in [0.25, 0.3) is 0 Å². The number of halogens is 1. The summed E-state index contributed by atoms with van der Waals surface area (Å²) in [4.78, 5) is 4.80. The van der Waals surface area contributed by atoms with E-state index in [9.17, 15) is 0 Å². The van der Waals surface area contributed by atoms with E-state index < -0.39 is 0 Å². The predicted octanol–water partition coefficient (Wildman–Crippen LogP) is 1.14. The van der Waals surface area contributed by atoms with Crippen molar-refractivity contribution in [2.45, 2.75) is 13.8 Å². The molecule has 1 aliphatic heterocycles. The molecule has 1 aromatic carbocycles. The van der Waals surface area contributed by atoms with Crippen molar-refractivity contribution in [2.24, 2.45) is 5.92 Å². The zero-order chi connectivity index (χ0) is 13.9. The lowest BCUT2D eigenvalue weighted by atomic mass is 9.94. The maximum Gasteiger partial charge on any atom is 0.209 e. The highest BCUT2D eigenvalue weighted by Crippen LogP contribution is 2.33. The minimum Gasteiger partial charge on any atom is -1.00 e. The van der Waals surface area contributed by atoms with Gasteiger partial charge in [-0.25, -0.2) is 4.98 Å². The number of dihydropyridines is 1. The zero-order valence-electron chi connectivity index (χ0n) is 12.1. The van der Waals surface area contributed by atoms with Crippen molar-refractivity contribution in [1.82, 2.24) is 10.3 Å². The third kappa shape index (κ3) is 3.51. The Morgan fingerprint density at radius 1 is 1.24 bits per heavy atom. The van der Waals surface area contributed by atoms with Gasteiger partial charge < -0.3 is 24.0 Å². The van der Waals surface area contributed by atoms with Crippen LogP contribution >= 0.6 is 11.3 Å². The second-order valence-corrected chi connectivity index (χ2v) is 5.95. The van der Waals surface area contributed by atoms with Gasteiger partial charge in [0.1, 0.15) is 0 Å². The van der Waals surface area contributed by atoms with Gasteiger partial charge in [-0.1, -0.05) is 44.2 Å². The number of allylic oxidation sites excluding steroid dienone is 2. The fourth-order valence-corrected chi connectivity index (χ4v) is 3.16. The predicted molar refractivity (Wildman–Crippen MR) is 85.1 cm³/mol. The van der Waals surface area contributed by atoms with Crippen molar-refractivity contribution in [1.29, 1.82) is 0 Å². The van der Waals surface area contributed by atoms with Gasteiger partial charge >= 0.3 is 0 Å². The first-order chi connectivity index (χ1) is 9.75. The molecule has 0 spiro atoms. The topological polar surface area (TPSA) is 24.9 Å². The lowest BCUT2D eigenvalue weighted by Crippen LogP contribution is -3.00. The van der Waals surface area contributed by atoms with Gasteiger partial charge in [0, 0.05) is 22.9 Å². The summed E-state index contributed by atoms with van der Waals surface area (Å²) < 4.78 is 0. The van der Waals surface area contributed by atoms with Crippen LogP contribution in [0, 0.1) is 12.1 Å². The highest BCUT2D eigenvalue weighted by molar-refractivity contribution is 7.11. The highest BCUT2D eigenvalue weighted by Gasteiger charge is 2.28. The Bertz CT molecular complexity index is 656. The van der Waals surface area contributed by atoms with Crippen LogP contribution in [0.2, 0.25) is 0 Å². The summed E-state index contributed by atoms with van der Waals surface area (Å²) >= 11 is 1.70. The van der Waals surface area contributed by atoms with Crippen LogP contribution in [-0.2, 0) is 0 Å². The summed E-state index contributed by atoms with van der Waals surface area (Å²) in [6.45, 7) is 5.20. The molecule has 0 bridgehead atoms. The Balaban J connectivity index is 0.00000161. The molecule has 108 valence electrons. The van der Waals surface area contributed by atoms with Crippen molar-refractivity contribution >= 4 is 16.9 Å². The van der Waals surface area contributed by atoms with E-state index in [0.717, 1.165) is 17.2 Å². The van der Waals surface area contributed by atoms with Crippen molar-refractivity contribution in [3.8, 4) is 11.3 Å². The van der Waals surface area contributed by atoms with Gasteiger partial charge in [0.05, 0.1) is 12.2 Å². The average Bonchev–Trinajstić information content (AvgIpc) is 2.98. The molecule has 0 fully saturated rings. The van der Waals surface area contributed by atoms with Crippen molar-refractivity contribution in [3.05, 3.63) is 58.6 Å². The quantitative estimate of drug-likeness (QED) is 0.609. The molecule has 0 atom stereocenters. The number of hydrogen-bond acceptors (Lipinski definition) is 3. The number of thiazole rings is 1. The molecule has 0 saturated heterocycles. The van der Waals surface area contributed by atoms with Crippen LogP contribution in [0.1, 0.15) is 18.9 Å². The van der Waals surface area contributed by atoms with Gasteiger partial charge in [-0.05, 0) is 0 Å². The van der Waals surface area contributed by atoms with E-state index in [1.165, 1.54) is 16.7 Å². The molecule has 0 unspecified atom stereocenters. The van der Waals surface area contributed by atoms with E-state index in [0.29, 0.717) is 5.92 Å². The number of nitrogens with one attached hydrogen (secondary N) is 1. The first-order valence-corrected chi connectivity index (χ1v) is 7.71. The van der Waals surface area contributed by atoms with Gasteiger partial charge in [-0.15, -0.1) is 11.3 Å². The molecule has 1 aromatic heterocycles. The standard InChI is InChI=1S/C17H17N2S.HI/c1-12(2)15-10-18-9-8-14(15)17-19-16(11-20-17)13-6-4-3-5-7-13;/h3-8,11-12,18H,9H2,1-2H3;1H/q+1;/p-1. The first kappa shape index (κ1) is 16.1. The number of rotatable bonds is 3.